The van der Waals surface area contributed by atoms with Gasteiger partial charge in [0, 0.05) is 12.1 Å². The highest BCUT2D eigenvalue weighted by Crippen LogP contribution is 2.25. The molecule has 0 bridgehead atoms. The minimum absolute atomic E-state index is 0.435. The van der Waals surface area contributed by atoms with Crippen molar-refractivity contribution in [1.82, 2.24) is 10.2 Å². The molecule has 1 fully saturated rings. The summed E-state index contributed by atoms with van der Waals surface area (Å²) in [6.45, 7) is 4.75. The van der Waals surface area contributed by atoms with Crippen LogP contribution >= 0.6 is 0 Å². The van der Waals surface area contributed by atoms with Gasteiger partial charge in [-0.05, 0) is 33.5 Å². The highest BCUT2D eigenvalue weighted by atomic mass is 15.2. The van der Waals surface area contributed by atoms with Crippen LogP contribution in [-0.2, 0) is 0 Å². The van der Waals surface area contributed by atoms with Crippen molar-refractivity contribution in [1.29, 1.82) is 0 Å². The number of hydrogen-bond donors (Lipinski definition) is 1. The van der Waals surface area contributed by atoms with Crippen LogP contribution in [0.25, 0.3) is 0 Å². The molecule has 0 amide bonds. The molecule has 0 saturated carbocycles. The lowest BCUT2D eigenvalue weighted by atomic mass is 9.92. The van der Waals surface area contributed by atoms with Gasteiger partial charge in [0.15, 0.2) is 0 Å². The maximum atomic E-state index is 3.50. The quantitative estimate of drug-likeness (QED) is 0.687. The Kier molecular flexibility index (Phi) is 3.53. The molecule has 1 saturated heterocycles. The lowest BCUT2D eigenvalue weighted by Gasteiger charge is -2.28. The molecule has 72 valence electrons. The summed E-state index contributed by atoms with van der Waals surface area (Å²) in [5, 5.41) is 3.50. The topological polar surface area (TPSA) is 15.3 Å². The maximum absolute atomic E-state index is 3.50. The maximum Gasteiger partial charge on any atom is 0.0318 e. The molecule has 1 heterocycles. The fraction of sp³-hybridized carbons (Fsp3) is 1.00. The van der Waals surface area contributed by atoms with Gasteiger partial charge < -0.3 is 10.2 Å². The minimum atomic E-state index is 0.435. The first-order chi connectivity index (χ1) is 5.72. The summed E-state index contributed by atoms with van der Waals surface area (Å²) >= 11 is 0. The van der Waals surface area contributed by atoms with Gasteiger partial charge in [-0.15, -0.1) is 0 Å². The Labute approximate surface area is 76.3 Å². The summed E-state index contributed by atoms with van der Waals surface area (Å²) in [5.74, 6) is 0. The van der Waals surface area contributed by atoms with E-state index < -0.39 is 0 Å². The monoisotopic (exact) mass is 170 g/mol. The Hall–Kier alpha value is -0.0800. The number of hydrogen-bond acceptors (Lipinski definition) is 2. The van der Waals surface area contributed by atoms with Crippen molar-refractivity contribution in [3.8, 4) is 0 Å². The molecule has 0 aromatic rings. The number of nitrogens with one attached hydrogen (secondary N) is 1. The Bertz CT molecular complexity index is 136. The average molecular weight is 170 g/mol. The largest absolute Gasteiger partial charge is 0.313 e. The Balaban J connectivity index is 2.41. The van der Waals surface area contributed by atoms with Gasteiger partial charge in [-0.25, -0.2) is 0 Å². The van der Waals surface area contributed by atoms with Gasteiger partial charge in [0.2, 0.25) is 0 Å². The molecule has 1 atom stereocenters. The molecular formula is C10H22N2. The van der Waals surface area contributed by atoms with Crippen LogP contribution in [0.3, 0.4) is 0 Å². The van der Waals surface area contributed by atoms with Gasteiger partial charge in [-0.3, -0.25) is 0 Å². The Morgan fingerprint density at radius 2 is 2.25 bits per heavy atom. The van der Waals surface area contributed by atoms with Gasteiger partial charge in [-0.2, -0.15) is 0 Å². The molecule has 0 radical (unpaired) electrons. The van der Waals surface area contributed by atoms with Crippen molar-refractivity contribution in [3.63, 3.8) is 0 Å². The minimum Gasteiger partial charge on any atom is -0.313 e. The molecule has 2 nitrogen and oxygen atoms in total. The molecule has 12 heavy (non-hydrogen) atoms. The van der Waals surface area contributed by atoms with Crippen LogP contribution in [0.5, 0.6) is 0 Å². The van der Waals surface area contributed by atoms with E-state index in [1.54, 1.807) is 0 Å². The molecular weight excluding hydrogens is 148 g/mol. The Morgan fingerprint density at radius 1 is 1.50 bits per heavy atom. The van der Waals surface area contributed by atoms with Crippen LogP contribution < -0.4 is 5.32 Å². The van der Waals surface area contributed by atoms with Crippen LogP contribution in [0.2, 0.25) is 0 Å². The van der Waals surface area contributed by atoms with Crippen molar-refractivity contribution in [3.05, 3.63) is 0 Å². The normalized spacial score (nSPS) is 31.2. The fourth-order valence-corrected chi connectivity index (χ4v) is 2.13. The van der Waals surface area contributed by atoms with Crippen LogP contribution in [0.4, 0.5) is 0 Å². The van der Waals surface area contributed by atoms with E-state index in [4.69, 9.17) is 0 Å². The summed E-state index contributed by atoms with van der Waals surface area (Å²) in [7, 11) is 4.32. The summed E-state index contributed by atoms with van der Waals surface area (Å²) in [6, 6.07) is 0. The molecule has 1 aliphatic heterocycles. The van der Waals surface area contributed by atoms with Gasteiger partial charge in [0.05, 0.1) is 0 Å². The number of likely N-dealkylation sites (N-methyl/N-ethyl adjacent to an activating group) is 2. The van der Waals surface area contributed by atoms with Crippen molar-refractivity contribution < 1.29 is 0 Å². The zero-order valence-electron chi connectivity index (χ0n) is 8.69. The Morgan fingerprint density at radius 3 is 2.67 bits per heavy atom. The molecule has 0 aromatic carbocycles. The summed E-state index contributed by atoms with van der Waals surface area (Å²) in [4.78, 5) is 2.42. The van der Waals surface area contributed by atoms with E-state index in [-0.39, 0.29) is 0 Å². The van der Waals surface area contributed by atoms with E-state index in [1.807, 2.05) is 0 Å². The highest BCUT2D eigenvalue weighted by Gasteiger charge is 2.33. The van der Waals surface area contributed by atoms with Gasteiger partial charge in [-0.1, -0.05) is 19.8 Å². The first-order valence-electron chi connectivity index (χ1n) is 5.10. The summed E-state index contributed by atoms with van der Waals surface area (Å²) in [5.41, 5.74) is 0.435. The smallest absolute Gasteiger partial charge is 0.0318 e. The van der Waals surface area contributed by atoms with Crippen molar-refractivity contribution in [2.45, 2.75) is 38.1 Å². The molecule has 1 N–H and O–H groups in total. The van der Waals surface area contributed by atoms with Gasteiger partial charge in [0.25, 0.3) is 0 Å². The third-order valence-corrected chi connectivity index (χ3v) is 3.08. The second-order valence-corrected chi connectivity index (χ2v) is 4.12. The molecule has 1 rings (SSSR count). The number of rotatable bonds is 4. The lowest BCUT2D eigenvalue weighted by molar-refractivity contribution is 0.304. The van der Waals surface area contributed by atoms with Crippen LogP contribution in [-0.4, -0.2) is 37.6 Å². The number of nitrogens with zero attached hydrogens (tertiary/aromatic N) is 1. The lowest BCUT2D eigenvalue weighted by Crippen LogP contribution is -2.44. The molecule has 2 heteroatoms. The van der Waals surface area contributed by atoms with Crippen LogP contribution in [0.15, 0.2) is 0 Å². The molecule has 0 aliphatic carbocycles. The van der Waals surface area contributed by atoms with Crippen LogP contribution in [0, 0.1) is 0 Å². The first-order valence-corrected chi connectivity index (χ1v) is 5.10. The predicted octanol–water partition coefficient (Wildman–Crippen LogP) is 1.47. The van der Waals surface area contributed by atoms with E-state index in [2.05, 4.69) is 31.2 Å². The predicted molar refractivity (Wildman–Crippen MR) is 53.4 cm³/mol. The summed E-state index contributed by atoms with van der Waals surface area (Å²) in [6.07, 6.45) is 5.33. The van der Waals surface area contributed by atoms with Crippen LogP contribution in [0.1, 0.15) is 32.6 Å². The first kappa shape index (κ1) is 10.0. The van der Waals surface area contributed by atoms with Gasteiger partial charge in [0.1, 0.15) is 0 Å². The van der Waals surface area contributed by atoms with E-state index in [1.165, 1.54) is 38.8 Å². The zero-order valence-corrected chi connectivity index (χ0v) is 8.69. The highest BCUT2D eigenvalue weighted by molar-refractivity contribution is 4.94. The number of unbranched alkanes of at least 4 members (excludes halogenated alkanes) is 1. The molecule has 1 aliphatic rings. The summed E-state index contributed by atoms with van der Waals surface area (Å²) < 4.78 is 0. The zero-order chi connectivity index (χ0) is 9.03. The van der Waals surface area contributed by atoms with Crippen molar-refractivity contribution in [2.24, 2.45) is 0 Å². The third-order valence-electron chi connectivity index (χ3n) is 3.08. The van der Waals surface area contributed by atoms with Crippen molar-refractivity contribution >= 4 is 0 Å². The standard InChI is InChI=1S/C10H22N2/c1-4-5-6-10(11-2)7-8-12(3)9-10/h11H,4-9H2,1-3H3. The number of likely N-dealkylation sites (tertiary alicyclic amines) is 1. The third kappa shape index (κ3) is 2.20. The van der Waals surface area contributed by atoms with Crippen molar-refractivity contribution in [2.75, 3.05) is 27.2 Å². The fourth-order valence-electron chi connectivity index (χ4n) is 2.13. The SMILES string of the molecule is CCCCC1(NC)CCN(C)C1. The molecule has 1 unspecified atom stereocenters. The second kappa shape index (κ2) is 4.24. The molecule has 0 spiro atoms. The van der Waals surface area contributed by atoms with E-state index in [0.29, 0.717) is 5.54 Å². The second-order valence-electron chi connectivity index (χ2n) is 4.12. The molecule has 0 aromatic heterocycles. The van der Waals surface area contributed by atoms with E-state index in [0.717, 1.165) is 0 Å². The van der Waals surface area contributed by atoms with Gasteiger partial charge >= 0.3 is 0 Å². The van der Waals surface area contributed by atoms with E-state index in [9.17, 15) is 0 Å². The average Bonchev–Trinajstić information content (AvgIpc) is 2.45. The van der Waals surface area contributed by atoms with E-state index >= 15 is 0 Å².